The zero-order valence-electron chi connectivity index (χ0n) is 15.5. The van der Waals surface area contributed by atoms with Crippen molar-refractivity contribution in [3.05, 3.63) is 34.9 Å². The molecule has 1 aliphatic heterocycles. The van der Waals surface area contributed by atoms with Gasteiger partial charge in [-0.1, -0.05) is 19.4 Å². The first-order chi connectivity index (χ1) is 11.4. The molecule has 1 fully saturated rings. The van der Waals surface area contributed by atoms with E-state index in [1.807, 2.05) is 42.0 Å². The first-order valence-electron chi connectivity index (χ1n) is 9.05. The van der Waals surface area contributed by atoms with Crippen molar-refractivity contribution in [3.63, 3.8) is 0 Å². The molecule has 132 valence electrons. The van der Waals surface area contributed by atoms with Crippen LogP contribution in [0.2, 0.25) is 0 Å². The van der Waals surface area contributed by atoms with Gasteiger partial charge in [-0.15, -0.1) is 0 Å². The molecule has 24 heavy (non-hydrogen) atoms. The van der Waals surface area contributed by atoms with Crippen molar-refractivity contribution in [2.45, 2.75) is 46.5 Å². The highest BCUT2D eigenvalue weighted by Crippen LogP contribution is 2.22. The van der Waals surface area contributed by atoms with Gasteiger partial charge in [0.25, 0.3) is 5.91 Å². The molecule has 0 aromatic heterocycles. The maximum Gasteiger partial charge on any atom is 0.253 e. The highest BCUT2D eigenvalue weighted by molar-refractivity contribution is 5.94. The fourth-order valence-corrected chi connectivity index (χ4v) is 3.20. The van der Waals surface area contributed by atoms with Crippen LogP contribution in [0.25, 0.3) is 0 Å². The Balaban J connectivity index is 1.91. The summed E-state index contributed by atoms with van der Waals surface area (Å²) in [6.07, 6.45) is 3.69. The quantitative estimate of drug-likeness (QED) is 0.830. The molecule has 1 heterocycles. The van der Waals surface area contributed by atoms with Gasteiger partial charge in [0.1, 0.15) is 0 Å². The van der Waals surface area contributed by atoms with Crippen LogP contribution in [-0.2, 0) is 4.79 Å². The van der Waals surface area contributed by atoms with E-state index in [1.165, 1.54) is 5.56 Å². The van der Waals surface area contributed by atoms with Crippen molar-refractivity contribution < 1.29 is 9.59 Å². The van der Waals surface area contributed by atoms with Crippen LogP contribution < -0.4 is 0 Å². The number of amides is 2. The fourth-order valence-electron chi connectivity index (χ4n) is 3.20. The monoisotopic (exact) mass is 330 g/mol. The van der Waals surface area contributed by atoms with Gasteiger partial charge in [-0.2, -0.15) is 0 Å². The number of piperidine rings is 1. The van der Waals surface area contributed by atoms with E-state index in [0.29, 0.717) is 13.1 Å². The van der Waals surface area contributed by atoms with Crippen LogP contribution in [0.5, 0.6) is 0 Å². The van der Waals surface area contributed by atoms with Gasteiger partial charge in [-0.3, -0.25) is 9.59 Å². The first kappa shape index (κ1) is 18.5. The summed E-state index contributed by atoms with van der Waals surface area (Å²) in [6, 6.07) is 5.87. The summed E-state index contributed by atoms with van der Waals surface area (Å²) in [7, 11) is 1.89. The van der Waals surface area contributed by atoms with Crippen LogP contribution in [0.15, 0.2) is 18.2 Å². The van der Waals surface area contributed by atoms with Gasteiger partial charge in [0, 0.05) is 38.2 Å². The molecule has 0 saturated carbocycles. The van der Waals surface area contributed by atoms with E-state index in [0.717, 1.165) is 43.4 Å². The number of aryl methyl sites for hydroxylation is 2. The zero-order valence-corrected chi connectivity index (χ0v) is 15.5. The molecule has 2 amide bonds. The van der Waals surface area contributed by atoms with E-state index in [4.69, 9.17) is 0 Å². The predicted octanol–water partition coefficient (Wildman–Crippen LogP) is 3.41. The van der Waals surface area contributed by atoms with Gasteiger partial charge < -0.3 is 9.80 Å². The second-order valence-electron chi connectivity index (χ2n) is 6.98. The molecular weight excluding hydrogens is 300 g/mol. The topological polar surface area (TPSA) is 40.6 Å². The van der Waals surface area contributed by atoms with Crippen molar-refractivity contribution in [1.82, 2.24) is 9.80 Å². The Hall–Kier alpha value is -1.84. The number of hydrogen-bond donors (Lipinski definition) is 0. The van der Waals surface area contributed by atoms with Gasteiger partial charge in [0.15, 0.2) is 0 Å². The Bertz CT molecular complexity index is 589. The van der Waals surface area contributed by atoms with Crippen molar-refractivity contribution >= 4 is 11.8 Å². The minimum absolute atomic E-state index is 0.0654. The SMILES string of the molecule is CCCCN(C)C(=O)C1CCN(C(=O)c2ccc(C)c(C)c2)CC1. The zero-order chi connectivity index (χ0) is 17.7. The Morgan fingerprint density at radius 2 is 1.83 bits per heavy atom. The Morgan fingerprint density at radius 3 is 2.42 bits per heavy atom. The van der Waals surface area contributed by atoms with Crippen molar-refractivity contribution in [2.24, 2.45) is 5.92 Å². The number of hydrogen-bond acceptors (Lipinski definition) is 2. The maximum absolute atomic E-state index is 12.6. The lowest BCUT2D eigenvalue weighted by Gasteiger charge is -2.33. The number of unbranched alkanes of at least 4 members (excludes halogenated alkanes) is 1. The van der Waals surface area contributed by atoms with Crippen LogP contribution in [0.3, 0.4) is 0 Å². The van der Waals surface area contributed by atoms with E-state index < -0.39 is 0 Å². The van der Waals surface area contributed by atoms with Gasteiger partial charge >= 0.3 is 0 Å². The van der Waals surface area contributed by atoms with E-state index in [9.17, 15) is 9.59 Å². The Kier molecular flexibility index (Phi) is 6.41. The summed E-state index contributed by atoms with van der Waals surface area (Å²) in [6.45, 7) is 8.39. The number of likely N-dealkylation sites (tertiary alicyclic amines) is 1. The molecule has 0 unspecified atom stereocenters. The van der Waals surface area contributed by atoms with Crippen molar-refractivity contribution in [3.8, 4) is 0 Å². The molecule has 4 heteroatoms. The van der Waals surface area contributed by atoms with E-state index in [1.54, 1.807) is 0 Å². The lowest BCUT2D eigenvalue weighted by atomic mass is 9.94. The maximum atomic E-state index is 12.6. The van der Waals surface area contributed by atoms with Gasteiger partial charge in [-0.05, 0) is 56.4 Å². The molecule has 4 nitrogen and oxygen atoms in total. The molecule has 0 radical (unpaired) electrons. The van der Waals surface area contributed by atoms with Gasteiger partial charge in [0.2, 0.25) is 5.91 Å². The van der Waals surface area contributed by atoms with E-state index in [-0.39, 0.29) is 17.7 Å². The number of carbonyl (C=O) groups is 2. The van der Waals surface area contributed by atoms with Crippen LogP contribution in [0, 0.1) is 19.8 Å². The van der Waals surface area contributed by atoms with Crippen LogP contribution in [-0.4, -0.2) is 48.3 Å². The first-order valence-corrected chi connectivity index (χ1v) is 9.05. The summed E-state index contributed by atoms with van der Waals surface area (Å²) in [5.74, 6) is 0.390. The second kappa shape index (κ2) is 8.32. The number of nitrogens with zero attached hydrogens (tertiary/aromatic N) is 2. The molecule has 0 N–H and O–H groups in total. The molecule has 0 spiro atoms. The minimum Gasteiger partial charge on any atom is -0.346 e. The summed E-state index contributed by atoms with van der Waals surface area (Å²) < 4.78 is 0. The molecule has 0 bridgehead atoms. The smallest absolute Gasteiger partial charge is 0.253 e. The number of carbonyl (C=O) groups excluding carboxylic acids is 2. The largest absolute Gasteiger partial charge is 0.346 e. The van der Waals surface area contributed by atoms with Crippen LogP contribution in [0.1, 0.15) is 54.1 Å². The number of rotatable bonds is 5. The van der Waals surface area contributed by atoms with Crippen LogP contribution >= 0.6 is 0 Å². The standard InChI is InChI=1S/C20H30N2O2/c1-5-6-11-21(4)19(23)17-9-12-22(13-10-17)20(24)18-8-7-15(2)16(3)14-18/h7-8,14,17H,5-6,9-13H2,1-4H3. The average Bonchev–Trinajstić information content (AvgIpc) is 2.60. The lowest BCUT2D eigenvalue weighted by Crippen LogP contribution is -2.43. The molecule has 1 aliphatic rings. The normalized spacial score (nSPS) is 15.4. The highest BCUT2D eigenvalue weighted by atomic mass is 16.2. The molecule has 1 aromatic carbocycles. The van der Waals surface area contributed by atoms with E-state index in [2.05, 4.69) is 13.8 Å². The molecular formula is C20H30N2O2. The summed E-state index contributed by atoms with van der Waals surface area (Å²) >= 11 is 0. The third-order valence-electron chi connectivity index (χ3n) is 5.11. The van der Waals surface area contributed by atoms with E-state index >= 15 is 0 Å². The summed E-state index contributed by atoms with van der Waals surface area (Å²) in [4.78, 5) is 28.8. The Labute approximate surface area is 145 Å². The molecule has 0 atom stereocenters. The van der Waals surface area contributed by atoms with Crippen molar-refractivity contribution in [2.75, 3.05) is 26.7 Å². The third-order valence-corrected chi connectivity index (χ3v) is 5.11. The summed E-state index contributed by atoms with van der Waals surface area (Å²) in [5.41, 5.74) is 3.09. The van der Waals surface area contributed by atoms with Crippen LogP contribution in [0.4, 0.5) is 0 Å². The average molecular weight is 330 g/mol. The molecule has 1 saturated heterocycles. The second-order valence-corrected chi connectivity index (χ2v) is 6.98. The molecule has 1 aromatic rings. The molecule has 0 aliphatic carbocycles. The summed E-state index contributed by atoms with van der Waals surface area (Å²) in [5, 5.41) is 0. The number of benzene rings is 1. The highest BCUT2D eigenvalue weighted by Gasteiger charge is 2.29. The third kappa shape index (κ3) is 4.37. The Morgan fingerprint density at radius 1 is 1.17 bits per heavy atom. The minimum atomic E-state index is 0.0654. The van der Waals surface area contributed by atoms with Crippen molar-refractivity contribution in [1.29, 1.82) is 0 Å². The fraction of sp³-hybridized carbons (Fsp3) is 0.600. The lowest BCUT2D eigenvalue weighted by molar-refractivity contribution is -0.135. The van der Waals surface area contributed by atoms with Gasteiger partial charge in [0.05, 0.1) is 0 Å². The predicted molar refractivity (Wildman–Crippen MR) is 97.1 cm³/mol. The molecule has 2 rings (SSSR count). The van der Waals surface area contributed by atoms with Gasteiger partial charge in [-0.25, -0.2) is 0 Å².